The summed E-state index contributed by atoms with van der Waals surface area (Å²) < 4.78 is 10.9. The second-order valence-corrected chi connectivity index (χ2v) is 4.66. The first-order valence-electron chi connectivity index (χ1n) is 7.08. The van der Waals surface area contributed by atoms with Gasteiger partial charge in [0, 0.05) is 7.05 Å². The summed E-state index contributed by atoms with van der Waals surface area (Å²) in [6.07, 6.45) is 0. The third-order valence-corrected chi connectivity index (χ3v) is 2.92. The van der Waals surface area contributed by atoms with Crippen LogP contribution in [0.15, 0.2) is 54.6 Å². The van der Waals surface area contributed by atoms with Gasteiger partial charge in [-0.3, -0.25) is 10.1 Å². The van der Waals surface area contributed by atoms with E-state index in [0.717, 1.165) is 5.56 Å². The molecule has 2 N–H and O–H groups in total. The van der Waals surface area contributed by atoms with Gasteiger partial charge in [0.05, 0.1) is 0 Å². The molecule has 0 unspecified atom stereocenters. The van der Waals surface area contributed by atoms with Crippen LogP contribution in [-0.2, 0) is 11.4 Å². The van der Waals surface area contributed by atoms with Crippen LogP contribution in [0.3, 0.4) is 0 Å². The second kappa shape index (κ2) is 8.43. The Morgan fingerprint density at radius 3 is 2.13 bits per heavy atom. The zero-order chi connectivity index (χ0) is 16.5. The lowest BCUT2D eigenvalue weighted by atomic mass is 10.2. The summed E-state index contributed by atoms with van der Waals surface area (Å²) in [7, 11) is 1.43. The van der Waals surface area contributed by atoms with Crippen molar-refractivity contribution in [3.05, 3.63) is 60.2 Å². The fourth-order valence-electron chi connectivity index (χ4n) is 1.75. The Morgan fingerprint density at radius 1 is 0.913 bits per heavy atom. The van der Waals surface area contributed by atoms with Crippen LogP contribution >= 0.6 is 0 Å². The standard InChI is InChI=1S/C17H18N2O4/c1-18-17(21)19-16(20)12-23-15-9-7-14(8-10-15)22-11-13-5-3-2-4-6-13/h2-10H,11-12H2,1H3,(H2,18,19,20,21). The lowest BCUT2D eigenvalue weighted by Crippen LogP contribution is -2.39. The number of carbonyl (C=O) groups excluding carboxylic acids is 2. The molecule has 23 heavy (non-hydrogen) atoms. The maximum Gasteiger partial charge on any atom is 0.321 e. The highest BCUT2D eigenvalue weighted by Crippen LogP contribution is 2.18. The highest BCUT2D eigenvalue weighted by molar-refractivity contribution is 5.94. The van der Waals surface area contributed by atoms with Crippen LogP contribution in [-0.4, -0.2) is 25.6 Å². The first kappa shape index (κ1) is 16.4. The SMILES string of the molecule is CNC(=O)NC(=O)COc1ccc(OCc2ccccc2)cc1. The number of hydrogen-bond acceptors (Lipinski definition) is 4. The molecule has 0 heterocycles. The number of amides is 3. The molecular weight excluding hydrogens is 296 g/mol. The van der Waals surface area contributed by atoms with Crippen molar-refractivity contribution in [2.24, 2.45) is 0 Å². The molecule has 0 aliphatic carbocycles. The third kappa shape index (κ3) is 5.70. The van der Waals surface area contributed by atoms with Crippen molar-refractivity contribution in [1.29, 1.82) is 0 Å². The normalized spacial score (nSPS) is 9.78. The van der Waals surface area contributed by atoms with Gasteiger partial charge in [-0.25, -0.2) is 4.79 Å². The predicted octanol–water partition coefficient (Wildman–Crippen LogP) is 2.10. The van der Waals surface area contributed by atoms with Crippen LogP contribution in [0, 0.1) is 0 Å². The van der Waals surface area contributed by atoms with Gasteiger partial charge in [-0.2, -0.15) is 0 Å². The van der Waals surface area contributed by atoms with Crippen molar-refractivity contribution in [3.8, 4) is 11.5 Å². The number of ether oxygens (including phenoxy) is 2. The summed E-state index contributed by atoms with van der Waals surface area (Å²) in [6, 6.07) is 16.2. The van der Waals surface area contributed by atoms with Crippen LogP contribution in [0.25, 0.3) is 0 Å². The zero-order valence-electron chi connectivity index (χ0n) is 12.7. The maximum absolute atomic E-state index is 11.4. The molecule has 0 fully saturated rings. The Bertz CT molecular complexity index is 641. The number of hydrogen-bond donors (Lipinski definition) is 2. The van der Waals surface area contributed by atoms with Gasteiger partial charge in [0.25, 0.3) is 5.91 Å². The highest BCUT2D eigenvalue weighted by atomic mass is 16.5. The van der Waals surface area contributed by atoms with Gasteiger partial charge in [-0.05, 0) is 29.8 Å². The molecule has 0 spiro atoms. The Hall–Kier alpha value is -3.02. The van der Waals surface area contributed by atoms with Gasteiger partial charge in [0.1, 0.15) is 18.1 Å². The molecule has 0 aliphatic rings. The van der Waals surface area contributed by atoms with E-state index in [4.69, 9.17) is 9.47 Å². The quantitative estimate of drug-likeness (QED) is 0.856. The monoisotopic (exact) mass is 314 g/mol. The number of urea groups is 1. The Kier molecular flexibility index (Phi) is 5.99. The van der Waals surface area contributed by atoms with Crippen molar-refractivity contribution in [3.63, 3.8) is 0 Å². The van der Waals surface area contributed by atoms with Crippen molar-refractivity contribution in [2.75, 3.05) is 13.7 Å². The predicted molar refractivity (Wildman–Crippen MR) is 85.3 cm³/mol. The van der Waals surface area contributed by atoms with Gasteiger partial charge in [-0.1, -0.05) is 30.3 Å². The largest absolute Gasteiger partial charge is 0.489 e. The van der Waals surface area contributed by atoms with E-state index in [1.807, 2.05) is 30.3 Å². The van der Waals surface area contributed by atoms with Crippen LogP contribution in [0.5, 0.6) is 11.5 Å². The molecule has 6 nitrogen and oxygen atoms in total. The Labute approximate surface area is 134 Å². The van der Waals surface area contributed by atoms with Gasteiger partial charge in [-0.15, -0.1) is 0 Å². The Balaban J connectivity index is 1.78. The van der Waals surface area contributed by atoms with E-state index in [1.54, 1.807) is 24.3 Å². The molecule has 0 bridgehead atoms. The van der Waals surface area contributed by atoms with E-state index < -0.39 is 11.9 Å². The average molecular weight is 314 g/mol. The molecule has 0 aromatic heterocycles. The van der Waals surface area contributed by atoms with Gasteiger partial charge in [0.15, 0.2) is 6.61 Å². The fourth-order valence-corrected chi connectivity index (χ4v) is 1.75. The van der Waals surface area contributed by atoms with Gasteiger partial charge >= 0.3 is 6.03 Å². The first-order valence-corrected chi connectivity index (χ1v) is 7.08. The molecule has 0 atom stereocenters. The lowest BCUT2D eigenvalue weighted by Gasteiger charge is -2.09. The van der Waals surface area contributed by atoms with Crippen LogP contribution in [0.2, 0.25) is 0 Å². The highest BCUT2D eigenvalue weighted by Gasteiger charge is 2.06. The summed E-state index contributed by atoms with van der Waals surface area (Å²) in [5, 5.41) is 4.40. The number of rotatable bonds is 6. The van der Waals surface area contributed by atoms with E-state index in [2.05, 4.69) is 10.6 Å². The molecule has 0 saturated carbocycles. The van der Waals surface area contributed by atoms with E-state index >= 15 is 0 Å². The molecular formula is C17H18N2O4. The Morgan fingerprint density at radius 2 is 1.52 bits per heavy atom. The van der Waals surface area contributed by atoms with Crippen molar-refractivity contribution >= 4 is 11.9 Å². The molecule has 120 valence electrons. The summed E-state index contributed by atoms with van der Waals surface area (Å²) in [5.41, 5.74) is 1.08. The van der Waals surface area contributed by atoms with Crippen LogP contribution in [0.1, 0.15) is 5.56 Å². The van der Waals surface area contributed by atoms with Crippen LogP contribution in [0.4, 0.5) is 4.79 Å². The van der Waals surface area contributed by atoms with Crippen molar-refractivity contribution in [1.82, 2.24) is 10.6 Å². The van der Waals surface area contributed by atoms with Gasteiger partial charge in [0.2, 0.25) is 0 Å². The molecule has 3 amide bonds. The smallest absolute Gasteiger partial charge is 0.321 e. The number of benzene rings is 2. The molecule has 2 aromatic carbocycles. The minimum Gasteiger partial charge on any atom is -0.489 e. The topological polar surface area (TPSA) is 76.7 Å². The first-order chi connectivity index (χ1) is 11.2. The third-order valence-electron chi connectivity index (χ3n) is 2.92. The van der Waals surface area contributed by atoms with E-state index in [9.17, 15) is 9.59 Å². The number of nitrogens with one attached hydrogen (secondary N) is 2. The van der Waals surface area contributed by atoms with E-state index in [1.165, 1.54) is 7.05 Å². The maximum atomic E-state index is 11.4. The summed E-state index contributed by atoms with van der Waals surface area (Å²) in [5.74, 6) is 0.703. The molecule has 2 rings (SSSR count). The van der Waals surface area contributed by atoms with Crippen molar-refractivity contribution < 1.29 is 19.1 Å². The van der Waals surface area contributed by atoms with Gasteiger partial charge < -0.3 is 14.8 Å². The number of imide groups is 1. The molecule has 0 aliphatic heterocycles. The minimum atomic E-state index is -0.566. The molecule has 6 heteroatoms. The van der Waals surface area contributed by atoms with Crippen molar-refractivity contribution in [2.45, 2.75) is 6.61 Å². The minimum absolute atomic E-state index is 0.238. The summed E-state index contributed by atoms with van der Waals surface area (Å²) >= 11 is 0. The molecule has 0 radical (unpaired) electrons. The van der Waals surface area contributed by atoms with Crippen LogP contribution < -0.4 is 20.1 Å². The molecule has 2 aromatic rings. The zero-order valence-corrected chi connectivity index (χ0v) is 12.7. The fraction of sp³-hybridized carbons (Fsp3) is 0.176. The summed E-state index contributed by atoms with van der Waals surface area (Å²) in [4.78, 5) is 22.3. The van der Waals surface area contributed by atoms with E-state index in [0.29, 0.717) is 18.1 Å². The molecule has 0 saturated heterocycles. The second-order valence-electron chi connectivity index (χ2n) is 4.66. The van der Waals surface area contributed by atoms with E-state index in [-0.39, 0.29) is 6.61 Å². The average Bonchev–Trinajstić information content (AvgIpc) is 2.60. The number of carbonyl (C=O) groups is 2. The summed E-state index contributed by atoms with van der Waals surface area (Å²) in [6.45, 7) is 0.243. The lowest BCUT2D eigenvalue weighted by molar-refractivity contribution is -0.122.